The summed E-state index contributed by atoms with van der Waals surface area (Å²) in [6.45, 7) is 4.69. The number of methoxy groups -OCH3 is 1. The molecule has 114 valence electrons. The molecule has 2 N–H and O–H groups in total. The molecular formula is C12H19NO5S2. The first-order valence-electron chi connectivity index (χ1n) is 6.00. The second-order valence-corrected chi connectivity index (χ2v) is 8.23. The van der Waals surface area contributed by atoms with Gasteiger partial charge >= 0.3 is 5.97 Å². The smallest absolute Gasteiger partial charge is 0.345 e. The molecule has 0 spiro atoms. The first-order valence-corrected chi connectivity index (χ1v) is 8.30. The second kappa shape index (κ2) is 6.66. The third-order valence-corrected chi connectivity index (χ3v) is 5.75. The average Bonchev–Trinajstić information content (AvgIpc) is 2.85. The maximum absolute atomic E-state index is 12.1. The van der Waals surface area contributed by atoms with Crippen molar-refractivity contribution in [1.29, 1.82) is 0 Å². The van der Waals surface area contributed by atoms with Crippen LogP contribution in [0.3, 0.4) is 0 Å². The van der Waals surface area contributed by atoms with Gasteiger partial charge in [-0.05, 0) is 24.0 Å². The van der Waals surface area contributed by atoms with Crippen LogP contribution in [-0.2, 0) is 14.8 Å². The first-order chi connectivity index (χ1) is 9.18. The van der Waals surface area contributed by atoms with Gasteiger partial charge in [-0.1, -0.05) is 13.8 Å². The van der Waals surface area contributed by atoms with Crippen molar-refractivity contribution in [2.45, 2.75) is 24.5 Å². The molecule has 0 atom stereocenters. The van der Waals surface area contributed by atoms with Gasteiger partial charge in [0.15, 0.2) is 0 Å². The third-order valence-electron chi connectivity index (χ3n) is 2.78. The SMILES string of the molecule is COCCC(C)(C)CNS(=O)(=O)c1ccc(C(=O)O)s1. The molecule has 0 bridgehead atoms. The Kier molecular flexibility index (Phi) is 5.69. The summed E-state index contributed by atoms with van der Waals surface area (Å²) in [5.74, 6) is -1.13. The zero-order chi connectivity index (χ0) is 15.4. The Morgan fingerprint density at radius 1 is 1.45 bits per heavy atom. The number of carboxylic acid groups (broad SMARTS) is 1. The van der Waals surface area contributed by atoms with Crippen molar-refractivity contribution in [2.24, 2.45) is 5.41 Å². The fraction of sp³-hybridized carbons (Fsp3) is 0.583. The fourth-order valence-electron chi connectivity index (χ4n) is 1.41. The summed E-state index contributed by atoms with van der Waals surface area (Å²) in [5, 5.41) is 8.80. The van der Waals surface area contributed by atoms with E-state index in [4.69, 9.17) is 9.84 Å². The highest BCUT2D eigenvalue weighted by molar-refractivity contribution is 7.91. The molecule has 1 aromatic heterocycles. The molecule has 0 radical (unpaired) electrons. The minimum atomic E-state index is -3.67. The maximum Gasteiger partial charge on any atom is 0.345 e. The van der Waals surface area contributed by atoms with Gasteiger partial charge in [0, 0.05) is 20.3 Å². The van der Waals surface area contributed by atoms with E-state index in [1.165, 1.54) is 12.1 Å². The van der Waals surface area contributed by atoms with Gasteiger partial charge in [0.2, 0.25) is 10.0 Å². The summed E-state index contributed by atoms with van der Waals surface area (Å²) in [5.41, 5.74) is -0.240. The molecule has 0 saturated carbocycles. The second-order valence-electron chi connectivity index (χ2n) is 5.16. The monoisotopic (exact) mass is 321 g/mol. The van der Waals surface area contributed by atoms with Crippen molar-refractivity contribution in [1.82, 2.24) is 4.72 Å². The predicted octanol–water partition coefficient (Wildman–Crippen LogP) is 1.79. The number of hydrogen-bond donors (Lipinski definition) is 2. The van der Waals surface area contributed by atoms with E-state index >= 15 is 0 Å². The van der Waals surface area contributed by atoms with Gasteiger partial charge in [-0.15, -0.1) is 11.3 Å². The van der Waals surface area contributed by atoms with E-state index in [1.54, 1.807) is 7.11 Å². The first kappa shape index (κ1) is 17.1. The summed E-state index contributed by atoms with van der Waals surface area (Å²) in [4.78, 5) is 10.8. The van der Waals surface area contributed by atoms with Crippen LogP contribution in [0.2, 0.25) is 0 Å². The Hall–Kier alpha value is -0.960. The van der Waals surface area contributed by atoms with Crippen LogP contribution in [0.5, 0.6) is 0 Å². The molecule has 1 aromatic rings. The molecule has 20 heavy (non-hydrogen) atoms. The highest BCUT2D eigenvalue weighted by Gasteiger charge is 2.24. The lowest BCUT2D eigenvalue weighted by Gasteiger charge is -2.24. The molecule has 0 fully saturated rings. The molecule has 0 amide bonds. The molecule has 0 saturated heterocycles. The summed E-state index contributed by atoms with van der Waals surface area (Å²) >= 11 is 0.742. The molecule has 1 rings (SSSR count). The van der Waals surface area contributed by atoms with Crippen LogP contribution in [0.4, 0.5) is 0 Å². The van der Waals surface area contributed by atoms with Gasteiger partial charge in [-0.2, -0.15) is 0 Å². The van der Waals surface area contributed by atoms with E-state index < -0.39 is 16.0 Å². The number of thiophene rings is 1. The van der Waals surface area contributed by atoms with Crippen LogP contribution in [0.15, 0.2) is 16.3 Å². The Labute approximate surface area is 122 Å². The molecular weight excluding hydrogens is 302 g/mol. The lowest BCUT2D eigenvalue weighted by molar-refractivity contribution is 0.0702. The normalized spacial score (nSPS) is 12.6. The topological polar surface area (TPSA) is 92.7 Å². The van der Waals surface area contributed by atoms with Gasteiger partial charge in [0.25, 0.3) is 0 Å². The van der Waals surface area contributed by atoms with E-state index in [2.05, 4.69) is 4.72 Å². The lowest BCUT2D eigenvalue weighted by atomic mass is 9.90. The molecule has 0 unspecified atom stereocenters. The number of ether oxygens (including phenoxy) is 1. The molecule has 1 heterocycles. The number of sulfonamides is 1. The Morgan fingerprint density at radius 2 is 2.10 bits per heavy atom. The van der Waals surface area contributed by atoms with Crippen molar-refractivity contribution < 1.29 is 23.1 Å². The summed E-state index contributed by atoms with van der Waals surface area (Å²) < 4.78 is 31.6. The number of aromatic carboxylic acids is 1. The highest BCUT2D eigenvalue weighted by Crippen LogP contribution is 2.24. The standard InChI is InChI=1S/C12H19NO5S2/c1-12(2,6-7-18-3)8-13-20(16,17)10-5-4-9(19-10)11(14)15/h4-5,13H,6-8H2,1-3H3,(H,14,15). The van der Waals surface area contributed by atoms with Gasteiger partial charge in [0.05, 0.1) is 0 Å². The van der Waals surface area contributed by atoms with Crippen LogP contribution in [-0.4, -0.2) is 39.8 Å². The molecule has 0 aromatic carbocycles. The predicted molar refractivity (Wildman–Crippen MR) is 76.7 cm³/mol. The molecule has 8 heteroatoms. The molecule has 0 aliphatic heterocycles. The Balaban J connectivity index is 2.72. The van der Waals surface area contributed by atoms with Crippen molar-refractivity contribution in [3.05, 3.63) is 17.0 Å². The molecule has 6 nitrogen and oxygen atoms in total. The number of rotatable bonds is 8. The zero-order valence-corrected chi connectivity index (χ0v) is 13.3. The van der Waals surface area contributed by atoms with Crippen LogP contribution in [0, 0.1) is 5.41 Å². The minimum absolute atomic E-state index is 0.00372. The van der Waals surface area contributed by atoms with Gasteiger partial charge in [-0.25, -0.2) is 17.9 Å². The van der Waals surface area contributed by atoms with Gasteiger partial charge in [0.1, 0.15) is 9.09 Å². The summed E-state index contributed by atoms with van der Waals surface area (Å²) in [7, 11) is -2.07. The van der Waals surface area contributed by atoms with E-state index in [1.807, 2.05) is 13.8 Å². The van der Waals surface area contributed by atoms with E-state index in [9.17, 15) is 13.2 Å². The summed E-state index contributed by atoms with van der Waals surface area (Å²) in [6.07, 6.45) is 0.719. The van der Waals surface area contributed by atoms with Crippen molar-refractivity contribution in [3.8, 4) is 0 Å². The van der Waals surface area contributed by atoms with Crippen LogP contribution in [0.25, 0.3) is 0 Å². The largest absolute Gasteiger partial charge is 0.477 e. The summed E-state index contributed by atoms with van der Waals surface area (Å²) in [6, 6.07) is 2.59. The van der Waals surface area contributed by atoms with Crippen molar-refractivity contribution in [2.75, 3.05) is 20.3 Å². The Morgan fingerprint density at radius 3 is 2.60 bits per heavy atom. The van der Waals surface area contributed by atoms with E-state index in [0.29, 0.717) is 6.61 Å². The van der Waals surface area contributed by atoms with Gasteiger partial charge < -0.3 is 9.84 Å². The van der Waals surface area contributed by atoms with E-state index in [0.717, 1.165) is 17.8 Å². The van der Waals surface area contributed by atoms with E-state index in [-0.39, 0.29) is 21.0 Å². The van der Waals surface area contributed by atoms with Crippen LogP contribution in [0.1, 0.15) is 29.9 Å². The van der Waals surface area contributed by atoms with Crippen LogP contribution >= 0.6 is 11.3 Å². The Bertz CT molecular complexity index is 562. The molecule has 0 aliphatic rings. The quantitative estimate of drug-likeness (QED) is 0.761. The number of hydrogen-bond acceptors (Lipinski definition) is 5. The third kappa shape index (κ3) is 4.86. The van der Waals surface area contributed by atoms with Gasteiger partial charge in [-0.3, -0.25) is 0 Å². The van der Waals surface area contributed by atoms with Crippen molar-refractivity contribution in [3.63, 3.8) is 0 Å². The van der Waals surface area contributed by atoms with Crippen molar-refractivity contribution >= 4 is 27.3 Å². The number of carbonyl (C=O) groups is 1. The number of carboxylic acids is 1. The highest BCUT2D eigenvalue weighted by atomic mass is 32.2. The fourth-order valence-corrected chi connectivity index (χ4v) is 3.84. The number of nitrogens with one attached hydrogen (secondary N) is 1. The maximum atomic E-state index is 12.1. The lowest BCUT2D eigenvalue weighted by Crippen LogP contribution is -2.34. The zero-order valence-electron chi connectivity index (χ0n) is 11.7. The average molecular weight is 321 g/mol. The minimum Gasteiger partial charge on any atom is -0.477 e. The van der Waals surface area contributed by atoms with Crippen LogP contribution < -0.4 is 4.72 Å². The molecule has 0 aliphatic carbocycles.